The van der Waals surface area contributed by atoms with Crippen molar-refractivity contribution < 1.29 is 14.1 Å². The molecule has 0 fully saturated rings. The van der Waals surface area contributed by atoms with E-state index >= 15 is 0 Å². The molecule has 2 N–H and O–H groups in total. The molecule has 5 heteroatoms. The van der Waals surface area contributed by atoms with Crippen LogP contribution in [0.4, 0.5) is 0 Å². The molecular weight excluding hydrogens is 274 g/mol. The Kier molecular flexibility index (Phi) is 5.48. The smallest absolute Gasteiger partial charge is 0.305 e. The van der Waals surface area contributed by atoms with Crippen molar-refractivity contribution in [3.63, 3.8) is 0 Å². The number of nitrogens with one attached hydrogen (secondary N) is 1. The predicted molar refractivity (Wildman–Crippen MR) is 81.9 cm³/mol. The zero-order valence-corrected chi connectivity index (χ0v) is 13.5. The van der Waals surface area contributed by atoms with Gasteiger partial charge in [0.05, 0.1) is 28.2 Å². The molecule has 0 saturated heterocycles. The van der Waals surface area contributed by atoms with Crippen LogP contribution in [0, 0.1) is 13.8 Å². The van der Waals surface area contributed by atoms with Gasteiger partial charge in [-0.25, -0.2) is 8.93 Å². The molecule has 0 aliphatic carbocycles. The SMILES string of the molecule is Cc1cccc([C@H](CC(=O)O)NS(=O)C(C)(C)C)c1C. The van der Waals surface area contributed by atoms with E-state index in [1.54, 1.807) is 0 Å². The average molecular weight is 297 g/mol. The van der Waals surface area contributed by atoms with Crippen molar-refractivity contribution >= 4 is 17.0 Å². The Morgan fingerprint density at radius 3 is 2.45 bits per heavy atom. The highest BCUT2D eigenvalue weighted by atomic mass is 32.2. The van der Waals surface area contributed by atoms with Crippen LogP contribution in [0.1, 0.15) is 49.9 Å². The van der Waals surface area contributed by atoms with Crippen molar-refractivity contribution in [2.45, 2.75) is 51.8 Å². The molecule has 0 aliphatic heterocycles. The molecule has 0 amide bonds. The van der Waals surface area contributed by atoms with Gasteiger partial charge in [0.2, 0.25) is 0 Å². The third kappa shape index (κ3) is 4.42. The summed E-state index contributed by atoms with van der Waals surface area (Å²) in [7, 11) is -1.31. The first-order valence-corrected chi connectivity index (χ1v) is 7.74. The van der Waals surface area contributed by atoms with Gasteiger partial charge >= 0.3 is 5.97 Å². The summed E-state index contributed by atoms with van der Waals surface area (Å²) in [5.41, 5.74) is 3.03. The molecule has 2 atom stereocenters. The van der Waals surface area contributed by atoms with Crippen LogP contribution in [0.3, 0.4) is 0 Å². The highest BCUT2D eigenvalue weighted by molar-refractivity contribution is 7.84. The maximum Gasteiger partial charge on any atom is 0.305 e. The second-order valence-electron chi connectivity index (χ2n) is 5.94. The first-order valence-electron chi connectivity index (χ1n) is 6.59. The molecule has 1 rings (SSSR count). The van der Waals surface area contributed by atoms with E-state index in [-0.39, 0.29) is 6.42 Å². The van der Waals surface area contributed by atoms with Crippen LogP contribution >= 0.6 is 0 Å². The number of hydrogen-bond donors (Lipinski definition) is 2. The Hall–Kier alpha value is -1.20. The number of rotatable bonds is 5. The van der Waals surface area contributed by atoms with Gasteiger partial charge in [0.15, 0.2) is 0 Å². The van der Waals surface area contributed by atoms with E-state index < -0.39 is 27.7 Å². The predicted octanol–water partition coefficient (Wildman–Crippen LogP) is 2.87. The van der Waals surface area contributed by atoms with Gasteiger partial charge in [-0.05, 0) is 51.3 Å². The van der Waals surface area contributed by atoms with Crippen LogP contribution in [-0.4, -0.2) is 20.0 Å². The first kappa shape index (κ1) is 16.9. The third-order valence-electron chi connectivity index (χ3n) is 3.21. The molecule has 0 heterocycles. The topological polar surface area (TPSA) is 66.4 Å². The molecule has 1 aromatic rings. The number of carbonyl (C=O) groups is 1. The van der Waals surface area contributed by atoms with E-state index in [1.165, 1.54) is 0 Å². The molecule has 1 aromatic carbocycles. The zero-order valence-electron chi connectivity index (χ0n) is 12.7. The minimum Gasteiger partial charge on any atom is -0.481 e. The van der Waals surface area contributed by atoms with Gasteiger partial charge in [-0.1, -0.05) is 18.2 Å². The summed E-state index contributed by atoms with van der Waals surface area (Å²) in [6, 6.07) is 5.32. The third-order valence-corrected chi connectivity index (χ3v) is 4.82. The average Bonchev–Trinajstić information content (AvgIpc) is 2.30. The normalized spacial score (nSPS) is 14.8. The maximum atomic E-state index is 12.2. The van der Waals surface area contributed by atoms with Gasteiger partial charge in [0.25, 0.3) is 0 Å². The molecular formula is C15H23NO3S. The highest BCUT2D eigenvalue weighted by Crippen LogP contribution is 2.25. The Balaban J connectivity index is 3.10. The molecule has 1 unspecified atom stereocenters. The minimum absolute atomic E-state index is 0.0912. The van der Waals surface area contributed by atoms with Crippen molar-refractivity contribution in [3.05, 3.63) is 34.9 Å². The Morgan fingerprint density at radius 2 is 1.95 bits per heavy atom. The van der Waals surface area contributed by atoms with E-state index in [4.69, 9.17) is 5.11 Å². The van der Waals surface area contributed by atoms with Gasteiger partial charge in [-0.2, -0.15) is 0 Å². The standard InChI is InChI=1S/C15H23NO3S/c1-10-7-6-8-12(11(10)2)13(9-14(17)18)16-20(19)15(3,4)5/h6-8,13,16H,9H2,1-5H3,(H,17,18)/t13-,20?/m0/s1. The van der Waals surface area contributed by atoms with Crippen molar-refractivity contribution in [2.24, 2.45) is 0 Å². The number of aliphatic carboxylic acids is 1. The van der Waals surface area contributed by atoms with Crippen molar-refractivity contribution in [1.29, 1.82) is 0 Å². The fourth-order valence-corrected chi connectivity index (χ4v) is 2.67. The van der Waals surface area contributed by atoms with Gasteiger partial charge in [0.1, 0.15) is 0 Å². The van der Waals surface area contributed by atoms with E-state index in [0.717, 1.165) is 16.7 Å². The van der Waals surface area contributed by atoms with Gasteiger partial charge < -0.3 is 5.11 Å². The lowest BCUT2D eigenvalue weighted by Gasteiger charge is -2.25. The van der Waals surface area contributed by atoms with E-state index in [9.17, 15) is 9.00 Å². The molecule has 0 saturated carbocycles. The Morgan fingerprint density at radius 1 is 1.35 bits per heavy atom. The Bertz CT molecular complexity index is 520. The Labute approximate surface area is 123 Å². The monoisotopic (exact) mass is 297 g/mol. The number of carboxylic acid groups (broad SMARTS) is 1. The molecule has 0 spiro atoms. The lowest BCUT2D eigenvalue weighted by molar-refractivity contribution is -0.137. The number of hydrogen-bond acceptors (Lipinski definition) is 2. The number of benzene rings is 1. The van der Waals surface area contributed by atoms with Crippen molar-refractivity contribution in [2.75, 3.05) is 0 Å². The van der Waals surface area contributed by atoms with E-state index in [1.807, 2.05) is 52.8 Å². The molecule has 0 aromatic heterocycles. The lowest BCUT2D eigenvalue weighted by Crippen LogP contribution is -2.36. The summed E-state index contributed by atoms with van der Waals surface area (Å²) in [5.74, 6) is -0.908. The molecule has 20 heavy (non-hydrogen) atoms. The summed E-state index contributed by atoms with van der Waals surface area (Å²) in [6.07, 6.45) is -0.0912. The molecule has 0 bridgehead atoms. The summed E-state index contributed by atoms with van der Waals surface area (Å²) in [6.45, 7) is 9.52. The fraction of sp³-hybridized carbons (Fsp3) is 0.533. The van der Waals surface area contributed by atoms with Gasteiger partial charge in [0, 0.05) is 0 Å². The maximum absolute atomic E-state index is 12.2. The van der Waals surface area contributed by atoms with Crippen molar-refractivity contribution in [3.8, 4) is 0 Å². The van der Waals surface area contributed by atoms with Crippen LogP contribution in [0.2, 0.25) is 0 Å². The quantitative estimate of drug-likeness (QED) is 0.878. The number of carboxylic acids is 1. The van der Waals surface area contributed by atoms with Gasteiger partial charge in [-0.15, -0.1) is 0 Å². The van der Waals surface area contributed by atoms with Crippen LogP contribution in [0.25, 0.3) is 0 Å². The highest BCUT2D eigenvalue weighted by Gasteiger charge is 2.26. The second-order valence-corrected chi connectivity index (χ2v) is 7.94. The summed E-state index contributed by atoms with van der Waals surface area (Å²) in [4.78, 5) is 11.1. The van der Waals surface area contributed by atoms with Gasteiger partial charge in [-0.3, -0.25) is 4.79 Å². The summed E-state index contributed by atoms with van der Waals surface area (Å²) in [5, 5.41) is 9.08. The molecule has 112 valence electrons. The first-order chi connectivity index (χ1) is 9.12. The van der Waals surface area contributed by atoms with Crippen LogP contribution < -0.4 is 4.72 Å². The lowest BCUT2D eigenvalue weighted by atomic mass is 9.96. The van der Waals surface area contributed by atoms with E-state index in [2.05, 4.69) is 4.72 Å². The summed E-state index contributed by atoms with van der Waals surface area (Å²) >= 11 is 0. The zero-order chi connectivity index (χ0) is 15.5. The fourth-order valence-electron chi connectivity index (χ4n) is 1.85. The second kappa shape index (κ2) is 6.50. The largest absolute Gasteiger partial charge is 0.481 e. The number of aryl methyl sites for hydroxylation is 1. The van der Waals surface area contributed by atoms with Crippen LogP contribution in [0.5, 0.6) is 0 Å². The minimum atomic E-state index is -1.31. The van der Waals surface area contributed by atoms with Crippen molar-refractivity contribution in [1.82, 2.24) is 4.72 Å². The summed E-state index contributed by atoms with van der Waals surface area (Å²) < 4.78 is 14.8. The van der Waals surface area contributed by atoms with Crippen LogP contribution in [0.15, 0.2) is 18.2 Å². The molecule has 0 aliphatic rings. The molecule has 4 nitrogen and oxygen atoms in total. The van der Waals surface area contributed by atoms with Crippen LogP contribution in [-0.2, 0) is 15.8 Å². The van der Waals surface area contributed by atoms with E-state index in [0.29, 0.717) is 0 Å². The molecule has 0 radical (unpaired) electrons.